The van der Waals surface area contributed by atoms with Gasteiger partial charge in [0.15, 0.2) is 6.29 Å². The third kappa shape index (κ3) is 10.0. The van der Waals surface area contributed by atoms with E-state index in [9.17, 15) is 14.7 Å². The Morgan fingerprint density at radius 3 is 2.23 bits per heavy atom. The van der Waals surface area contributed by atoms with Crippen molar-refractivity contribution in [3.05, 3.63) is 89.2 Å². The first-order valence-corrected chi connectivity index (χ1v) is 16.7. The fourth-order valence-electron chi connectivity index (χ4n) is 6.10. The highest BCUT2D eigenvalue weighted by molar-refractivity contribution is 5.75. The van der Waals surface area contributed by atoms with Crippen LogP contribution in [-0.4, -0.2) is 77.2 Å². The molecule has 47 heavy (non-hydrogen) atoms. The molecular weight excluding hydrogens is 596 g/mol. The van der Waals surface area contributed by atoms with Crippen LogP contribution in [0, 0.1) is 5.92 Å². The molecule has 0 saturated carbocycles. The van der Waals surface area contributed by atoms with Crippen LogP contribution in [0.4, 0.5) is 5.95 Å². The van der Waals surface area contributed by atoms with Crippen molar-refractivity contribution in [1.29, 1.82) is 0 Å². The highest BCUT2D eigenvalue weighted by Crippen LogP contribution is 2.42. The number of aromatic nitrogens is 2. The van der Waals surface area contributed by atoms with Crippen molar-refractivity contribution in [3.8, 4) is 0 Å². The molecule has 4 atom stereocenters. The van der Waals surface area contributed by atoms with Crippen LogP contribution in [0.2, 0.25) is 0 Å². The number of carbonyl (C=O) groups is 2. The third-order valence-electron chi connectivity index (χ3n) is 8.96. The second-order valence-corrected chi connectivity index (χ2v) is 12.5. The van der Waals surface area contributed by atoms with Gasteiger partial charge in [0.2, 0.25) is 17.8 Å². The lowest BCUT2D eigenvalue weighted by molar-refractivity contribution is -0.276. The minimum Gasteiger partial charge on any atom is -0.392 e. The van der Waals surface area contributed by atoms with Gasteiger partial charge >= 0.3 is 0 Å². The molecule has 2 aliphatic rings. The lowest BCUT2D eigenvalue weighted by Crippen LogP contribution is -2.51. The van der Waals surface area contributed by atoms with Gasteiger partial charge in [0, 0.05) is 83.0 Å². The van der Waals surface area contributed by atoms with E-state index in [1.807, 2.05) is 54.6 Å². The van der Waals surface area contributed by atoms with Gasteiger partial charge in [-0.25, -0.2) is 9.97 Å². The zero-order chi connectivity index (χ0) is 33.0. The Kier molecular flexibility index (Phi) is 12.7. The quantitative estimate of drug-likeness (QED) is 0.224. The molecule has 2 aliphatic heterocycles. The summed E-state index contributed by atoms with van der Waals surface area (Å²) in [5, 5.41) is 15.4. The SMILES string of the molecule is CC(=O)NCCCCCC(=O)NCc1ccc([C@@H]2O[C@H](CN3CCN(c4ncccn4)CC3)[C@H](C)[C@H](c3ccc(CO)cc3)O2)cc1. The molecule has 5 rings (SSSR count). The Hall–Kier alpha value is -3.90. The van der Waals surface area contributed by atoms with Crippen LogP contribution in [0.1, 0.15) is 74.2 Å². The second-order valence-electron chi connectivity index (χ2n) is 12.5. The van der Waals surface area contributed by atoms with E-state index in [1.165, 1.54) is 6.92 Å². The van der Waals surface area contributed by atoms with Crippen LogP contribution in [0.3, 0.4) is 0 Å². The molecule has 0 unspecified atom stereocenters. The van der Waals surface area contributed by atoms with Crippen LogP contribution in [0.15, 0.2) is 67.0 Å². The molecular formula is C36H48N6O5. The van der Waals surface area contributed by atoms with E-state index >= 15 is 0 Å². The molecule has 0 bridgehead atoms. The van der Waals surface area contributed by atoms with Crippen molar-refractivity contribution in [2.45, 2.75) is 71.2 Å². The zero-order valence-corrected chi connectivity index (χ0v) is 27.5. The lowest BCUT2D eigenvalue weighted by Gasteiger charge is -2.44. The fraction of sp³-hybridized carbons (Fsp3) is 0.500. The number of ether oxygens (including phenoxy) is 2. The normalized spacial score (nSPS) is 21.7. The first kappa shape index (κ1) is 34.4. The Labute approximate surface area is 277 Å². The first-order chi connectivity index (χ1) is 22.9. The number of aliphatic hydroxyl groups excluding tert-OH is 1. The minimum absolute atomic E-state index is 0.00244. The van der Waals surface area contributed by atoms with Gasteiger partial charge < -0.3 is 30.1 Å². The predicted molar refractivity (Wildman–Crippen MR) is 179 cm³/mol. The number of nitrogens with one attached hydrogen (secondary N) is 2. The molecule has 0 spiro atoms. The summed E-state index contributed by atoms with van der Waals surface area (Å²) in [7, 11) is 0. The van der Waals surface area contributed by atoms with E-state index < -0.39 is 6.29 Å². The first-order valence-electron chi connectivity index (χ1n) is 16.7. The van der Waals surface area contributed by atoms with E-state index in [-0.39, 0.29) is 36.5 Å². The van der Waals surface area contributed by atoms with Crippen LogP contribution < -0.4 is 15.5 Å². The number of amides is 2. The Morgan fingerprint density at radius 1 is 0.872 bits per heavy atom. The number of hydrogen-bond acceptors (Lipinski definition) is 9. The Balaban J connectivity index is 1.18. The standard InChI is InChI=1S/C36H48N6O5/c1-26-32(24-41-19-21-42(22-20-41)36-38-17-6-18-39-36)46-35(47-34(26)30-12-10-29(25-43)11-13-30)31-14-8-28(9-15-31)23-40-33(45)7-4-3-5-16-37-27(2)44/h6,8-15,17-18,26,32,34-35,43H,3-5,7,16,19-25H2,1-2H3,(H,37,44)(H,40,45)/t26-,32+,34+,35+/m0/s1. The average Bonchev–Trinajstić information content (AvgIpc) is 3.10. The maximum atomic E-state index is 12.4. The maximum absolute atomic E-state index is 12.4. The molecule has 2 fully saturated rings. The molecule has 252 valence electrons. The van der Waals surface area contributed by atoms with E-state index in [0.717, 1.165) is 80.2 Å². The monoisotopic (exact) mass is 644 g/mol. The van der Waals surface area contributed by atoms with Crippen LogP contribution in [0.25, 0.3) is 0 Å². The third-order valence-corrected chi connectivity index (χ3v) is 8.96. The number of nitrogens with zero attached hydrogens (tertiary/aromatic N) is 4. The molecule has 3 heterocycles. The topological polar surface area (TPSA) is 129 Å². The van der Waals surface area contributed by atoms with Crippen molar-refractivity contribution in [2.24, 2.45) is 5.92 Å². The number of carbonyl (C=O) groups excluding carboxylic acids is 2. The molecule has 3 N–H and O–H groups in total. The Bertz CT molecular complexity index is 1400. The van der Waals surface area contributed by atoms with Crippen LogP contribution >= 0.6 is 0 Å². The summed E-state index contributed by atoms with van der Waals surface area (Å²) in [5.74, 6) is 0.869. The molecule has 11 nitrogen and oxygen atoms in total. The summed E-state index contributed by atoms with van der Waals surface area (Å²) >= 11 is 0. The summed E-state index contributed by atoms with van der Waals surface area (Å²) in [4.78, 5) is 36.8. The molecule has 11 heteroatoms. The average molecular weight is 645 g/mol. The van der Waals surface area contributed by atoms with Gasteiger partial charge in [-0.1, -0.05) is 61.9 Å². The number of benzene rings is 2. The van der Waals surface area contributed by atoms with Crippen molar-refractivity contribution < 1.29 is 24.2 Å². The number of unbranched alkanes of at least 4 members (excludes halogenated alkanes) is 2. The molecule has 0 aliphatic carbocycles. The highest BCUT2D eigenvalue weighted by atomic mass is 16.7. The van der Waals surface area contributed by atoms with E-state index in [2.05, 4.69) is 37.3 Å². The van der Waals surface area contributed by atoms with E-state index in [1.54, 1.807) is 12.4 Å². The molecule has 2 saturated heterocycles. The van der Waals surface area contributed by atoms with Crippen LogP contribution in [-0.2, 0) is 32.2 Å². The fourth-order valence-corrected chi connectivity index (χ4v) is 6.10. The summed E-state index contributed by atoms with van der Waals surface area (Å²) in [6.45, 7) is 9.08. The number of anilines is 1. The van der Waals surface area contributed by atoms with Crippen molar-refractivity contribution in [3.63, 3.8) is 0 Å². The van der Waals surface area contributed by atoms with Crippen LogP contribution in [0.5, 0.6) is 0 Å². The molecule has 1 aromatic heterocycles. The lowest BCUT2D eigenvalue weighted by atomic mass is 9.90. The minimum atomic E-state index is -0.543. The number of hydrogen-bond donors (Lipinski definition) is 3. The van der Waals surface area contributed by atoms with Crippen molar-refractivity contribution >= 4 is 17.8 Å². The largest absolute Gasteiger partial charge is 0.392 e. The summed E-state index contributed by atoms with van der Waals surface area (Å²) < 4.78 is 13.3. The number of aliphatic hydroxyl groups is 1. The van der Waals surface area contributed by atoms with Gasteiger partial charge in [0.05, 0.1) is 18.8 Å². The highest BCUT2D eigenvalue weighted by Gasteiger charge is 2.39. The zero-order valence-electron chi connectivity index (χ0n) is 27.5. The predicted octanol–water partition coefficient (Wildman–Crippen LogP) is 3.90. The van der Waals surface area contributed by atoms with Crippen molar-refractivity contribution in [1.82, 2.24) is 25.5 Å². The van der Waals surface area contributed by atoms with E-state index in [0.29, 0.717) is 19.5 Å². The maximum Gasteiger partial charge on any atom is 0.225 e. The number of rotatable bonds is 14. The van der Waals surface area contributed by atoms with Gasteiger partial charge in [-0.05, 0) is 35.6 Å². The summed E-state index contributed by atoms with van der Waals surface area (Å²) in [5.41, 5.74) is 3.86. The molecule has 0 radical (unpaired) electrons. The summed E-state index contributed by atoms with van der Waals surface area (Å²) in [6, 6.07) is 17.9. The van der Waals surface area contributed by atoms with Gasteiger partial charge in [-0.3, -0.25) is 14.5 Å². The van der Waals surface area contributed by atoms with Gasteiger partial charge in [-0.2, -0.15) is 0 Å². The number of piperazine rings is 1. The molecule has 2 aromatic carbocycles. The Morgan fingerprint density at radius 2 is 1.55 bits per heavy atom. The molecule has 2 amide bonds. The molecule has 3 aromatic rings. The summed E-state index contributed by atoms with van der Waals surface area (Å²) in [6.07, 6.45) is 5.81. The second kappa shape index (κ2) is 17.3. The van der Waals surface area contributed by atoms with Gasteiger partial charge in [0.1, 0.15) is 0 Å². The van der Waals surface area contributed by atoms with Gasteiger partial charge in [-0.15, -0.1) is 0 Å². The smallest absolute Gasteiger partial charge is 0.225 e. The van der Waals surface area contributed by atoms with E-state index in [4.69, 9.17) is 9.47 Å². The van der Waals surface area contributed by atoms with Gasteiger partial charge in [0.25, 0.3) is 0 Å². The van der Waals surface area contributed by atoms with Crippen molar-refractivity contribution in [2.75, 3.05) is 44.2 Å².